The summed E-state index contributed by atoms with van der Waals surface area (Å²) in [6.45, 7) is -0.0631. The Bertz CT molecular complexity index is 843. The normalized spacial score (nSPS) is 10.6. The van der Waals surface area contributed by atoms with Gasteiger partial charge in [0.25, 0.3) is 5.91 Å². The van der Waals surface area contributed by atoms with Crippen molar-refractivity contribution in [2.45, 2.75) is 0 Å². The molecule has 0 aliphatic carbocycles. The van der Waals surface area contributed by atoms with E-state index in [0.717, 1.165) is 5.39 Å². The van der Waals surface area contributed by atoms with Crippen molar-refractivity contribution in [2.24, 2.45) is 0 Å². The molecule has 1 amide bonds. The number of H-pyrrole nitrogens is 1. The lowest BCUT2D eigenvalue weighted by molar-refractivity contribution is 0.0901. The van der Waals surface area contributed by atoms with Gasteiger partial charge in [0.05, 0.1) is 6.54 Å². The van der Waals surface area contributed by atoms with Gasteiger partial charge in [-0.25, -0.2) is 4.98 Å². The van der Waals surface area contributed by atoms with E-state index >= 15 is 0 Å². The molecule has 3 aromatic rings. The maximum absolute atomic E-state index is 12.1. The van der Waals surface area contributed by atoms with Gasteiger partial charge in [0.2, 0.25) is 0 Å². The average Bonchev–Trinajstić information content (AvgIpc) is 2.96. The van der Waals surface area contributed by atoms with Crippen molar-refractivity contribution in [1.29, 1.82) is 0 Å². The first kappa shape index (κ1) is 14.3. The molecule has 0 atom stereocenters. The van der Waals surface area contributed by atoms with Crippen LogP contribution >= 0.6 is 11.6 Å². The van der Waals surface area contributed by atoms with Crippen LogP contribution in [0.5, 0.6) is 0 Å². The summed E-state index contributed by atoms with van der Waals surface area (Å²) in [4.78, 5) is 31.0. The molecule has 0 saturated heterocycles. The van der Waals surface area contributed by atoms with E-state index in [1.165, 1.54) is 0 Å². The van der Waals surface area contributed by atoms with Gasteiger partial charge in [-0.2, -0.15) is 0 Å². The van der Waals surface area contributed by atoms with Crippen LogP contribution in [-0.4, -0.2) is 28.2 Å². The third-order valence-corrected chi connectivity index (χ3v) is 3.41. The molecule has 0 saturated carbocycles. The smallest absolute Gasteiger partial charge is 0.268 e. The van der Waals surface area contributed by atoms with Crippen LogP contribution in [0.1, 0.15) is 20.8 Å². The monoisotopic (exact) mass is 313 g/mol. The second-order valence-corrected chi connectivity index (χ2v) is 5.11. The number of aromatic amines is 1. The predicted octanol–water partition coefficient (Wildman–Crippen LogP) is 2.83. The van der Waals surface area contributed by atoms with Crippen molar-refractivity contribution in [1.82, 2.24) is 15.3 Å². The zero-order valence-corrected chi connectivity index (χ0v) is 12.2. The number of fused-ring (bicyclic) bond motifs is 1. The highest BCUT2D eigenvalue weighted by Crippen LogP contribution is 2.16. The molecule has 0 aliphatic rings. The highest BCUT2D eigenvalue weighted by atomic mass is 35.5. The van der Waals surface area contributed by atoms with E-state index in [1.807, 2.05) is 6.07 Å². The van der Waals surface area contributed by atoms with Gasteiger partial charge in [-0.1, -0.05) is 41.9 Å². The zero-order valence-electron chi connectivity index (χ0n) is 11.5. The van der Waals surface area contributed by atoms with Crippen LogP contribution in [0.2, 0.25) is 5.15 Å². The van der Waals surface area contributed by atoms with E-state index in [9.17, 15) is 9.59 Å². The van der Waals surface area contributed by atoms with E-state index in [1.54, 1.807) is 42.5 Å². The standard InChI is InChI=1S/C16H12ClN3O2/c17-14-7-6-11-8-12(19-15(11)20-14)16(22)18-9-13(21)10-4-2-1-3-5-10/h1-8H,9H2,(H,18,22)(H,19,20). The van der Waals surface area contributed by atoms with Gasteiger partial charge in [0, 0.05) is 10.9 Å². The summed E-state index contributed by atoms with van der Waals surface area (Å²) in [5.74, 6) is -0.510. The van der Waals surface area contributed by atoms with Gasteiger partial charge < -0.3 is 10.3 Å². The molecule has 0 spiro atoms. The molecular weight excluding hydrogens is 302 g/mol. The lowest BCUT2D eigenvalue weighted by atomic mass is 10.1. The van der Waals surface area contributed by atoms with E-state index in [-0.39, 0.29) is 18.2 Å². The molecule has 0 radical (unpaired) electrons. The van der Waals surface area contributed by atoms with Gasteiger partial charge in [-0.05, 0) is 18.2 Å². The minimum atomic E-state index is -0.363. The van der Waals surface area contributed by atoms with Crippen molar-refractivity contribution >= 4 is 34.3 Å². The Hall–Kier alpha value is -2.66. The Balaban J connectivity index is 1.69. The van der Waals surface area contributed by atoms with Crippen molar-refractivity contribution in [2.75, 3.05) is 6.54 Å². The van der Waals surface area contributed by atoms with E-state index in [2.05, 4.69) is 15.3 Å². The number of ketones is 1. The van der Waals surface area contributed by atoms with Crippen molar-refractivity contribution < 1.29 is 9.59 Å². The number of carbonyl (C=O) groups excluding carboxylic acids is 2. The maximum Gasteiger partial charge on any atom is 0.268 e. The number of Topliss-reactive ketones (excluding diaryl/α,β-unsaturated/α-hetero) is 1. The summed E-state index contributed by atoms with van der Waals surface area (Å²) in [7, 11) is 0. The van der Waals surface area contributed by atoms with Crippen molar-refractivity contribution in [3.63, 3.8) is 0 Å². The summed E-state index contributed by atoms with van der Waals surface area (Å²) >= 11 is 5.80. The summed E-state index contributed by atoms with van der Waals surface area (Å²) in [5.41, 5.74) is 1.44. The van der Waals surface area contributed by atoms with Gasteiger partial charge in [0.15, 0.2) is 5.78 Å². The van der Waals surface area contributed by atoms with Gasteiger partial charge in [-0.15, -0.1) is 0 Å². The highest BCUT2D eigenvalue weighted by Gasteiger charge is 2.12. The predicted molar refractivity (Wildman–Crippen MR) is 84.2 cm³/mol. The summed E-state index contributed by atoms with van der Waals surface area (Å²) in [6, 6.07) is 13.9. The second-order valence-electron chi connectivity index (χ2n) is 4.73. The summed E-state index contributed by atoms with van der Waals surface area (Å²) in [5, 5.41) is 3.72. The molecule has 0 unspecified atom stereocenters. The molecule has 22 heavy (non-hydrogen) atoms. The molecular formula is C16H12ClN3O2. The minimum Gasteiger partial charge on any atom is -0.343 e. The van der Waals surface area contributed by atoms with Gasteiger partial charge in [-0.3, -0.25) is 9.59 Å². The van der Waals surface area contributed by atoms with E-state index < -0.39 is 0 Å². The number of pyridine rings is 1. The number of aromatic nitrogens is 2. The fraction of sp³-hybridized carbons (Fsp3) is 0.0625. The van der Waals surface area contributed by atoms with Crippen LogP contribution in [0, 0.1) is 0 Å². The maximum atomic E-state index is 12.1. The minimum absolute atomic E-state index is 0.0631. The Morgan fingerprint density at radius 1 is 1.14 bits per heavy atom. The third-order valence-electron chi connectivity index (χ3n) is 3.20. The molecule has 0 aliphatic heterocycles. The molecule has 5 nitrogen and oxygen atoms in total. The lowest BCUT2D eigenvalue weighted by Gasteiger charge is -2.03. The van der Waals surface area contributed by atoms with Crippen LogP contribution in [0.25, 0.3) is 11.0 Å². The Morgan fingerprint density at radius 2 is 1.91 bits per heavy atom. The van der Waals surface area contributed by atoms with Crippen LogP contribution in [-0.2, 0) is 0 Å². The Labute approximate surface area is 131 Å². The average molecular weight is 314 g/mol. The molecule has 0 fully saturated rings. The number of nitrogens with zero attached hydrogens (tertiary/aromatic N) is 1. The number of rotatable bonds is 4. The van der Waals surface area contributed by atoms with Crippen LogP contribution < -0.4 is 5.32 Å². The number of hydrogen-bond acceptors (Lipinski definition) is 3. The number of nitrogens with one attached hydrogen (secondary N) is 2. The Kier molecular flexibility index (Phi) is 3.89. The molecule has 0 bridgehead atoms. The quantitative estimate of drug-likeness (QED) is 0.574. The molecule has 1 aromatic carbocycles. The summed E-state index contributed by atoms with van der Waals surface area (Å²) in [6.07, 6.45) is 0. The lowest BCUT2D eigenvalue weighted by Crippen LogP contribution is -2.29. The molecule has 2 aromatic heterocycles. The number of carbonyl (C=O) groups is 2. The number of amides is 1. The second kappa shape index (κ2) is 5.99. The molecule has 3 rings (SSSR count). The fourth-order valence-electron chi connectivity index (χ4n) is 2.09. The Morgan fingerprint density at radius 3 is 2.68 bits per heavy atom. The van der Waals surface area contributed by atoms with Gasteiger partial charge >= 0.3 is 0 Å². The highest BCUT2D eigenvalue weighted by molar-refractivity contribution is 6.29. The molecule has 110 valence electrons. The third kappa shape index (κ3) is 2.99. The first-order chi connectivity index (χ1) is 10.6. The molecule has 2 heterocycles. The number of halogens is 1. The van der Waals surface area contributed by atoms with Crippen LogP contribution in [0.3, 0.4) is 0 Å². The fourth-order valence-corrected chi connectivity index (χ4v) is 2.23. The number of hydrogen-bond donors (Lipinski definition) is 2. The van der Waals surface area contributed by atoms with Crippen LogP contribution in [0.4, 0.5) is 0 Å². The van der Waals surface area contributed by atoms with E-state index in [0.29, 0.717) is 22.1 Å². The van der Waals surface area contributed by atoms with Crippen molar-refractivity contribution in [3.8, 4) is 0 Å². The first-order valence-corrected chi connectivity index (χ1v) is 7.03. The molecule has 6 heteroatoms. The van der Waals surface area contributed by atoms with Gasteiger partial charge in [0.1, 0.15) is 16.5 Å². The first-order valence-electron chi connectivity index (χ1n) is 6.65. The SMILES string of the molecule is O=C(CNC(=O)c1cc2ccc(Cl)nc2[nH]1)c1ccccc1. The van der Waals surface area contributed by atoms with E-state index in [4.69, 9.17) is 11.6 Å². The largest absolute Gasteiger partial charge is 0.343 e. The topological polar surface area (TPSA) is 74.8 Å². The van der Waals surface area contributed by atoms with Crippen molar-refractivity contribution in [3.05, 3.63) is 64.9 Å². The zero-order chi connectivity index (χ0) is 15.5. The molecule has 2 N–H and O–H groups in total. The number of benzene rings is 1. The van der Waals surface area contributed by atoms with Crippen LogP contribution in [0.15, 0.2) is 48.5 Å². The summed E-state index contributed by atoms with van der Waals surface area (Å²) < 4.78 is 0.